The number of hydrogen-bond donors (Lipinski definition) is 2. The summed E-state index contributed by atoms with van der Waals surface area (Å²) in [6.07, 6.45) is 0.713. The zero-order valence-corrected chi connectivity index (χ0v) is 17.6. The number of nitrogens with one attached hydrogen (secondary N) is 2. The van der Waals surface area contributed by atoms with E-state index in [-0.39, 0.29) is 11.8 Å². The fourth-order valence-electron chi connectivity index (χ4n) is 4.72. The Labute approximate surface area is 180 Å². The molecule has 2 amide bonds. The van der Waals surface area contributed by atoms with Crippen molar-refractivity contribution in [1.82, 2.24) is 9.88 Å². The van der Waals surface area contributed by atoms with Crippen LogP contribution in [-0.2, 0) is 6.42 Å². The molecule has 2 N–H and O–H groups in total. The first-order valence-corrected chi connectivity index (χ1v) is 10.5. The summed E-state index contributed by atoms with van der Waals surface area (Å²) in [6, 6.07) is 20.0. The maximum absolute atomic E-state index is 14.9. The van der Waals surface area contributed by atoms with E-state index >= 15 is 0 Å². The lowest BCUT2D eigenvalue weighted by Gasteiger charge is -2.36. The van der Waals surface area contributed by atoms with Crippen molar-refractivity contribution in [1.29, 1.82) is 0 Å². The molecule has 0 radical (unpaired) electrons. The van der Waals surface area contributed by atoms with Crippen molar-refractivity contribution in [2.75, 3.05) is 11.9 Å². The molecule has 1 aliphatic rings. The van der Waals surface area contributed by atoms with E-state index < -0.39 is 6.04 Å². The molecule has 3 aromatic carbocycles. The van der Waals surface area contributed by atoms with Crippen LogP contribution >= 0.6 is 0 Å². The second kappa shape index (κ2) is 7.58. The van der Waals surface area contributed by atoms with E-state index in [0.29, 0.717) is 18.5 Å². The van der Waals surface area contributed by atoms with Gasteiger partial charge in [-0.05, 0) is 61.2 Å². The molecule has 5 heteroatoms. The fraction of sp³-hybridized carbons (Fsp3) is 0.192. The zero-order valence-electron chi connectivity index (χ0n) is 17.6. The number of benzene rings is 3. The van der Waals surface area contributed by atoms with Gasteiger partial charge < -0.3 is 15.2 Å². The van der Waals surface area contributed by atoms with Crippen LogP contribution in [-0.4, -0.2) is 22.5 Å². The number of halogens is 1. The van der Waals surface area contributed by atoms with Crippen LogP contribution in [0.3, 0.4) is 0 Å². The van der Waals surface area contributed by atoms with Crippen molar-refractivity contribution in [3.63, 3.8) is 0 Å². The predicted molar refractivity (Wildman–Crippen MR) is 122 cm³/mol. The summed E-state index contributed by atoms with van der Waals surface area (Å²) in [4.78, 5) is 18.6. The minimum atomic E-state index is -0.525. The maximum atomic E-state index is 14.9. The molecule has 0 saturated carbocycles. The van der Waals surface area contributed by atoms with Crippen LogP contribution in [0.1, 0.15) is 34.0 Å². The van der Waals surface area contributed by atoms with Gasteiger partial charge >= 0.3 is 6.03 Å². The summed E-state index contributed by atoms with van der Waals surface area (Å²) in [7, 11) is 0. The van der Waals surface area contributed by atoms with Crippen molar-refractivity contribution in [2.24, 2.45) is 0 Å². The lowest BCUT2D eigenvalue weighted by molar-refractivity contribution is 0.192. The van der Waals surface area contributed by atoms with Gasteiger partial charge in [-0.1, -0.05) is 42.5 Å². The molecule has 0 bridgehead atoms. The number of urea groups is 1. The number of aryl methyl sites for hydroxylation is 2. The maximum Gasteiger partial charge on any atom is 0.322 e. The van der Waals surface area contributed by atoms with Crippen LogP contribution < -0.4 is 5.32 Å². The fourth-order valence-corrected chi connectivity index (χ4v) is 4.72. The van der Waals surface area contributed by atoms with E-state index in [9.17, 15) is 9.18 Å². The van der Waals surface area contributed by atoms with Crippen molar-refractivity contribution >= 4 is 22.6 Å². The molecular formula is C26H24FN3O. The molecule has 156 valence electrons. The Kier molecular flexibility index (Phi) is 4.74. The van der Waals surface area contributed by atoms with E-state index in [4.69, 9.17) is 0 Å². The molecule has 1 aromatic heterocycles. The Morgan fingerprint density at radius 3 is 2.52 bits per heavy atom. The topological polar surface area (TPSA) is 48.1 Å². The Hall–Kier alpha value is -3.60. The van der Waals surface area contributed by atoms with Crippen molar-refractivity contribution < 1.29 is 9.18 Å². The van der Waals surface area contributed by atoms with Crippen LogP contribution in [0.2, 0.25) is 0 Å². The molecule has 31 heavy (non-hydrogen) atoms. The van der Waals surface area contributed by atoms with E-state index in [1.165, 1.54) is 6.07 Å². The Balaban J connectivity index is 1.59. The van der Waals surface area contributed by atoms with Gasteiger partial charge in [0.1, 0.15) is 11.9 Å². The summed E-state index contributed by atoms with van der Waals surface area (Å²) in [6.45, 7) is 4.51. The number of rotatable bonds is 2. The summed E-state index contributed by atoms with van der Waals surface area (Å²) in [5.41, 5.74) is 6.44. The summed E-state index contributed by atoms with van der Waals surface area (Å²) >= 11 is 0. The third-order valence-corrected chi connectivity index (χ3v) is 5.97. The molecule has 2 heterocycles. The first-order valence-electron chi connectivity index (χ1n) is 10.5. The minimum absolute atomic E-state index is 0.234. The monoisotopic (exact) mass is 413 g/mol. The predicted octanol–water partition coefficient (Wildman–Crippen LogP) is 6.10. The van der Waals surface area contributed by atoms with E-state index in [1.807, 2.05) is 50.2 Å². The number of anilines is 1. The Morgan fingerprint density at radius 1 is 1.03 bits per heavy atom. The number of aromatic amines is 1. The number of fused-ring (bicyclic) bond motifs is 3. The highest BCUT2D eigenvalue weighted by molar-refractivity contribution is 5.91. The van der Waals surface area contributed by atoms with Gasteiger partial charge in [-0.3, -0.25) is 0 Å². The van der Waals surface area contributed by atoms with E-state index in [0.717, 1.165) is 39.0 Å². The second-order valence-electron chi connectivity index (χ2n) is 8.24. The molecule has 0 fully saturated rings. The van der Waals surface area contributed by atoms with Gasteiger partial charge in [0.05, 0.1) is 0 Å². The molecular weight excluding hydrogens is 389 g/mol. The highest BCUT2D eigenvalue weighted by atomic mass is 19.1. The van der Waals surface area contributed by atoms with Crippen LogP contribution in [0.25, 0.3) is 10.9 Å². The number of nitrogens with zero attached hydrogens (tertiary/aromatic N) is 1. The quantitative estimate of drug-likeness (QED) is 0.410. The smallest absolute Gasteiger partial charge is 0.322 e. The average Bonchev–Trinajstić information content (AvgIpc) is 3.11. The Morgan fingerprint density at radius 2 is 1.74 bits per heavy atom. The zero-order chi connectivity index (χ0) is 21.5. The van der Waals surface area contributed by atoms with Gasteiger partial charge in [0, 0.05) is 34.4 Å². The first kappa shape index (κ1) is 19.4. The lowest BCUT2D eigenvalue weighted by Crippen LogP contribution is -2.43. The number of carbonyl (C=O) groups is 1. The van der Waals surface area contributed by atoms with Crippen molar-refractivity contribution in [3.8, 4) is 0 Å². The van der Waals surface area contributed by atoms with E-state index in [1.54, 1.807) is 17.0 Å². The molecule has 4 nitrogen and oxygen atoms in total. The normalized spacial score (nSPS) is 15.7. The molecule has 5 rings (SSSR count). The highest BCUT2D eigenvalue weighted by Gasteiger charge is 2.36. The lowest BCUT2D eigenvalue weighted by atomic mass is 9.92. The third-order valence-electron chi connectivity index (χ3n) is 5.97. The summed E-state index contributed by atoms with van der Waals surface area (Å²) in [5, 5.41) is 4.16. The van der Waals surface area contributed by atoms with Crippen LogP contribution in [0.15, 0.2) is 66.7 Å². The van der Waals surface area contributed by atoms with Crippen molar-refractivity contribution in [3.05, 3.63) is 100 Å². The molecule has 0 aliphatic carbocycles. The molecule has 0 unspecified atom stereocenters. The second-order valence-corrected chi connectivity index (χ2v) is 8.24. The molecule has 0 spiro atoms. The highest BCUT2D eigenvalue weighted by Crippen LogP contribution is 2.39. The number of amides is 2. The number of hydrogen-bond acceptors (Lipinski definition) is 1. The summed E-state index contributed by atoms with van der Waals surface area (Å²) in [5.74, 6) is -0.316. The van der Waals surface area contributed by atoms with Crippen LogP contribution in [0, 0.1) is 19.7 Å². The first-order chi connectivity index (χ1) is 15.0. The number of para-hydroxylation sites is 1. The molecule has 1 atom stereocenters. The Bertz CT molecular complexity index is 1270. The molecule has 0 saturated heterocycles. The number of carbonyl (C=O) groups excluding carboxylic acids is 1. The van der Waals surface area contributed by atoms with Gasteiger partial charge in [-0.25, -0.2) is 9.18 Å². The van der Waals surface area contributed by atoms with Gasteiger partial charge in [0.2, 0.25) is 0 Å². The number of H-pyrrole nitrogens is 1. The number of aromatic nitrogens is 1. The molecule has 4 aromatic rings. The van der Waals surface area contributed by atoms with Crippen LogP contribution in [0.4, 0.5) is 14.9 Å². The SMILES string of the molecule is Cc1cc(C)cc(NC(=O)N2CCc3c([nH]c4ccccc34)[C@H]2c2ccccc2F)c1. The van der Waals surface area contributed by atoms with Gasteiger partial charge in [-0.2, -0.15) is 0 Å². The standard InChI is InChI=1S/C26H24FN3O/c1-16-13-17(2)15-18(14-16)28-26(31)30-12-11-20-19-7-4-6-10-23(19)29-24(20)25(30)21-8-3-5-9-22(21)27/h3-10,13-15,25,29H,11-12H2,1-2H3,(H,28,31)/t25-/m1/s1. The largest absolute Gasteiger partial charge is 0.356 e. The molecule has 1 aliphatic heterocycles. The van der Waals surface area contributed by atoms with E-state index in [2.05, 4.69) is 22.4 Å². The van der Waals surface area contributed by atoms with Gasteiger partial charge in [0.25, 0.3) is 0 Å². The average molecular weight is 413 g/mol. The van der Waals surface area contributed by atoms with Crippen LogP contribution in [0.5, 0.6) is 0 Å². The van der Waals surface area contributed by atoms with Gasteiger partial charge in [0.15, 0.2) is 0 Å². The van der Waals surface area contributed by atoms with Gasteiger partial charge in [-0.15, -0.1) is 0 Å². The third kappa shape index (κ3) is 3.46. The minimum Gasteiger partial charge on any atom is -0.356 e. The summed E-state index contributed by atoms with van der Waals surface area (Å²) < 4.78 is 14.9. The van der Waals surface area contributed by atoms with Crippen molar-refractivity contribution in [2.45, 2.75) is 26.3 Å².